The largest absolute Gasteiger partial charge is 0.497 e. The molecular formula is C21H18F3N3O3. The van der Waals surface area contributed by atoms with Gasteiger partial charge in [-0.2, -0.15) is 18.2 Å². The number of nitrogens with zero attached hydrogens (tertiary/aromatic N) is 3. The predicted molar refractivity (Wildman–Crippen MR) is 101 cm³/mol. The first-order valence-electron chi connectivity index (χ1n) is 9.25. The molecule has 4 rings (SSSR count). The van der Waals surface area contributed by atoms with Crippen LogP contribution in [0.1, 0.15) is 29.3 Å². The number of ether oxygens (including phenoxy) is 1. The summed E-state index contributed by atoms with van der Waals surface area (Å²) in [4.78, 5) is 18.3. The second kappa shape index (κ2) is 7.81. The molecule has 9 heteroatoms. The highest BCUT2D eigenvalue weighted by atomic mass is 19.4. The molecule has 6 nitrogen and oxygen atoms in total. The Morgan fingerprint density at radius 1 is 1.20 bits per heavy atom. The van der Waals surface area contributed by atoms with E-state index in [1.807, 2.05) is 0 Å². The maximum Gasteiger partial charge on any atom is 0.416 e. The number of rotatable bonds is 5. The number of carbonyl (C=O) groups excluding carboxylic acids is 1. The molecule has 1 atom stereocenters. The fraction of sp³-hybridized carbons (Fsp3) is 0.286. The van der Waals surface area contributed by atoms with Crippen LogP contribution in [0.25, 0.3) is 11.5 Å². The van der Waals surface area contributed by atoms with Gasteiger partial charge in [0.2, 0.25) is 5.91 Å². The van der Waals surface area contributed by atoms with Crippen LogP contribution in [0.3, 0.4) is 0 Å². The van der Waals surface area contributed by atoms with Crippen molar-refractivity contribution in [1.82, 2.24) is 15.0 Å². The summed E-state index contributed by atoms with van der Waals surface area (Å²) in [6.07, 6.45) is -4.25. The van der Waals surface area contributed by atoms with E-state index in [0.29, 0.717) is 35.1 Å². The fourth-order valence-electron chi connectivity index (χ4n) is 3.44. The summed E-state index contributed by atoms with van der Waals surface area (Å²) in [5.41, 5.74) is 0.381. The van der Waals surface area contributed by atoms with Gasteiger partial charge in [-0.05, 0) is 35.9 Å². The molecule has 1 aliphatic rings. The third-order valence-electron chi connectivity index (χ3n) is 4.97. The molecule has 1 unspecified atom stereocenters. The molecule has 0 bridgehead atoms. The Hall–Kier alpha value is -3.36. The van der Waals surface area contributed by atoms with Gasteiger partial charge in [0.25, 0.3) is 5.89 Å². The van der Waals surface area contributed by atoms with Crippen LogP contribution in [0.15, 0.2) is 53.1 Å². The Bertz CT molecular complexity index is 1060. The number of hydrogen-bond acceptors (Lipinski definition) is 5. The number of halogens is 3. The van der Waals surface area contributed by atoms with Gasteiger partial charge < -0.3 is 14.2 Å². The molecule has 0 spiro atoms. The van der Waals surface area contributed by atoms with Crippen molar-refractivity contribution in [2.45, 2.75) is 25.1 Å². The SMILES string of the molecule is COc1cccc(-c2nc(C3CC(=O)N(Cc4cccc(C(F)(F)F)c4)C3)no2)c1. The number of amides is 1. The Morgan fingerprint density at radius 2 is 2.00 bits per heavy atom. The van der Waals surface area contributed by atoms with Crippen molar-refractivity contribution >= 4 is 5.91 Å². The predicted octanol–water partition coefficient (Wildman–Crippen LogP) is 4.28. The molecule has 1 aromatic heterocycles. The zero-order valence-electron chi connectivity index (χ0n) is 16.0. The molecule has 2 heterocycles. The van der Waals surface area contributed by atoms with Gasteiger partial charge in [0.05, 0.1) is 12.7 Å². The van der Waals surface area contributed by atoms with E-state index in [2.05, 4.69) is 10.1 Å². The van der Waals surface area contributed by atoms with Crippen molar-refractivity contribution in [3.63, 3.8) is 0 Å². The van der Waals surface area contributed by atoms with Crippen molar-refractivity contribution in [3.05, 3.63) is 65.5 Å². The topological polar surface area (TPSA) is 68.5 Å². The van der Waals surface area contributed by atoms with E-state index in [4.69, 9.17) is 9.26 Å². The van der Waals surface area contributed by atoms with Gasteiger partial charge in [0.15, 0.2) is 5.82 Å². The van der Waals surface area contributed by atoms with E-state index in [1.54, 1.807) is 37.4 Å². The molecular weight excluding hydrogens is 399 g/mol. The van der Waals surface area contributed by atoms with Gasteiger partial charge in [0.1, 0.15) is 5.75 Å². The number of methoxy groups -OCH3 is 1. The second-order valence-corrected chi connectivity index (χ2v) is 7.06. The van der Waals surface area contributed by atoms with Crippen LogP contribution in [-0.2, 0) is 17.5 Å². The molecule has 0 radical (unpaired) electrons. The van der Waals surface area contributed by atoms with E-state index in [1.165, 1.54) is 11.0 Å². The monoisotopic (exact) mass is 417 g/mol. The number of aromatic nitrogens is 2. The third-order valence-corrected chi connectivity index (χ3v) is 4.97. The first-order chi connectivity index (χ1) is 14.3. The molecule has 0 aliphatic carbocycles. The molecule has 2 aromatic carbocycles. The maximum atomic E-state index is 12.9. The lowest BCUT2D eigenvalue weighted by atomic mass is 10.1. The standard InChI is InChI=1S/C21H18F3N3O3/c1-29-17-7-3-5-14(9-17)20-25-19(26-30-20)15-10-18(28)27(12-15)11-13-4-2-6-16(8-13)21(22,23)24/h2-9,15H,10-12H2,1H3. The molecule has 30 heavy (non-hydrogen) atoms. The highest BCUT2D eigenvalue weighted by molar-refractivity contribution is 5.79. The second-order valence-electron chi connectivity index (χ2n) is 7.06. The normalized spacial score (nSPS) is 16.9. The van der Waals surface area contributed by atoms with Crippen LogP contribution in [0.5, 0.6) is 5.75 Å². The van der Waals surface area contributed by atoms with Crippen molar-refractivity contribution in [2.75, 3.05) is 13.7 Å². The molecule has 1 fully saturated rings. The van der Waals surface area contributed by atoms with Crippen LogP contribution < -0.4 is 4.74 Å². The zero-order chi connectivity index (χ0) is 21.3. The van der Waals surface area contributed by atoms with E-state index in [-0.39, 0.29) is 24.8 Å². The molecule has 0 saturated carbocycles. The molecule has 3 aromatic rings. The van der Waals surface area contributed by atoms with E-state index < -0.39 is 11.7 Å². The summed E-state index contributed by atoms with van der Waals surface area (Å²) in [7, 11) is 1.56. The quantitative estimate of drug-likeness (QED) is 0.620. The van der Waals surface area contributed by atoms with Crippen molar-refractivity contribution in [1.29, 1.82) is 0 Å². The molecule has 1 amide bonds. The minimum Gasteiger partial charge on any atom is -0.497 e. The Morgan fingerprint density at radius 3 is 2.77 bits per heavy atom. The average molecular weight is 417 g/mol. The Labute approximate surface area is 170 Å². The maximum absolute atomic E-state index is 12.9. The highest BCUT2D eigenvalue weighted by Crippen LogP contribution is 2.32. The molecule has 0 N–H and O–H groups in total. The van der Waals surface area contributed by atoms with Gasteiger partial charge in [-0.25, -0.2) is 0 Å². The smallest absolute Gasteiger partial charge is 0.416 e. The summed E-state index contributed by atoms with van der Waals surface area (Å²) < 4.78 is 49.3. The third kappa shape index (κ3) is 4.14. The van der Waals surface area contributed by atoms with Gasteiger partial charge in [-0.1, -0.05) is 23.4 Å². The van der Waals surface area contributed by atoms with Crippen LogP contribution in [0.4, 0.5) is 13.2 Å². The average Bonchev–Trinajstić information content (AvgIpc) is 3.35. The lowest BCUT2D eigenvalue weighted by molar-refractivity contribution is -0.137. The van der Waals surface area contributed by atoms with Gasteiger partial charge >= 0.3 is 6.18 Å². The first-order valence-corrected chi connectivity index (χ1v) is 9.25. The minimum absolute atomic E-state index is 0.0971. The van der Waals surface area contributed by atoms with Crippen molar-refractivity contribution in [2.24, 2.45) is 0 Å². The van der Waals surface area contributed by atoms with Crippen molar-refractivity contribution < 1.29 is 27.2 Å². The van der Waals surface area contributed by atoms with Crippen LogP contribution in [0.2, 0.25) is 0 Å². The van der Waals surface area contributed by atoms with Gasteiger partial charge in [0, 0.05) is 31.0 Å². The molecule has 156 valence electrons. The highest BCUT2D eigenvalue weighted by Gasteiger charge is 2.35. The van der Waals surface area contributed by atoms with Gasteiger partial charge in [-0.15, -0.1) is 0 Å². The number of carbonyl (C=O) groups is 1. The summed E-state index contributed by atoms with van der Waals surface area (Å²) in [5.74, 6) is 0.910. The van der Waals surface area contributed by atoms with Gasteiger partial charge in [-0.3, -0.25) is 4.79 Å². The zero-order valence-corrected chi connectivity index (χ0v) is 16.0. The lowest BCUT2D eigenvalue weighted by Gasteiger charge is -2.17. The Kier molecular flexibility index (Phi) is 5.19. The number of likely N-dealkylation sites (tertiary alicyclic amines) is 1. The van der Waals surface area contributed by atoms with E-state index in [9.17, 15) is 18.0 Å². The summed E-state index contributed by atoms with van der Waals surface area (Å²) in [6, 6.07) is 12.2. The van der Waals surface area contributed by atoms with Crippen molar-refractivity contribution in [3.8, 4) is 17.2 Å². The van der Waals surface area contributed by atoms with Crippen LogP contribution >= 0.6 is 0 Å². The molecule has 1 saturated heterocycles. The van der Waals surface area contributed by atoms with Crippen LogP contribution in [-0.4, -0.2) is 34.6 Å². The molecule has 1 aliphatic heterocycles. The number of alkyl halides is 3. The minimum atomic E-state index is -4.42. The summed E-state index contributed by atoms with van der Waals surface area (Å²) >= 11 is 0. The Balaban J connectivity index is 1.47. The lowest BCUT2D eigenvalue weighted by Crippen LogP contribution is -2.24. The summed E-state index contributed by atoms with van der Waals surface area (Å²) in [5, 5.41) is 4.00. The van der Waals surface area contributed by atoms with E-state index in [0.717, 1.165) is 12.1 Å². The number of benzene rings is 2. The number of hydrogen-bond donors (Lipinski definition) is 0. The first kappa shape index (κ1) is 19.9. The van der Waals surface area contributed by atoms with E-state index >= 15 is 0 Å². The van der Waals surface area contributed by atoms with Crippen LogP contribution in [0, 0.1) is 0 Å². The summed E-state index contributed by atoms with van der Waals surface area (Å²) in [6.45, 7) is 0.409. The fourth-order valence-corrected chi connectivity index (χ4v) is 3.44.